The number of fused-ring (bicyclic) bond motifs is 1. The number of nitrogens with one attached hydrogen (secondary N) is 1. The Labute approximate surface area is 180 Å². The fourth-order valence-corrected chi connectivity index (χ4v) is 3.25. The molecule has 164 valence electrons. The molecule has 0 aliphatic heterocycles. The van der Waals surface area contributed by atoms with E-state index >= 15 is 0 Å². The van der Waals surface area contributed by atoms with Gasteiger partial charge in [-0.05, 0) is 45.9 Å². The van der Waals surface area contributed by atoms with E-state index in [-0.39, 0.29) is 34.8 Å². The third kappa shape index (κ3) is 4.36. The van der Waals surface area contributed by atoms with Gasteiger partial charge in [-0.3, -0.25) is 9.36 Å². The number of esters is 1. The van der Waals surface area contributed by atoms with Gasteiger partial charge >= 0.3 is 5.97 Å². The van der Waals surface area contributed by atoms with E-state index in [0.717, 1.165) is 16.7 Å². The number of halogens is 4. The summed E-state index contributed by atoms with van der Waals surface area (Å²) in [6, 6.07) is 3.90. The number of carbonyl (C=O) groups excluding carboxylic acids is 1. The van der Waals surface area contributed by atoms with E-state index in [4.69, 9.17) is 16.3 Å². The summed E-state index contributed by atoms with van der Waals surface area (Å²) < 4.78 is 48.6. The second-order valence-corrected chi connectivity index (χ2v) is 8.09. The van der Waals surface area contributed by atoms with E-state index in [1.54, 1.807) is 27.7 Å². The Hall–Kier alpha value is -3.07. The quantitative estimate of drug-likeness (QED) is 0.452. The van der Waals surface area contributed by atoms with Crippen molar-refractivity contribution in [3.8, 4) is 5.82 Å². The molecule has 0 bridgehead atoms. The fraction of sp³-hybridized carbons (Fsp3) is 0.286. The predicted octanol–water partition coefficient (Wildman–Crippen LogP) is 4.84. The lowest BCUT2D eigenvalue weighted by Crippen LogP contribution is -2.28. The third-order valence-corrected chi connectivity index (χ3v) is 4.52. The lowest BCUT2D eigenvalue weighted by molar-refractivity contribution is 0.0516. The van der Waals surface area contributed by atoms with E-state index in [2.05, 4.69) is 10.3 Å². The number of pyridine rings is 2. The second-order valence-electron chi connectivity index (χ2n) is 7.71. The molecule has 1 N–H and O–H groups in total. The van der Waals surface area contributed by atoms with Crippen LogP contribution >= 0.6 is 11.6 Å². The van der Waals surface area contributed by atoms with Crippen LogP contribution < -0.4 is 10.7 Å². The zero-order valence-electron chi connectivity index (χ0n) is 17.1. The van der Waals surface area contributed by atoms with Crippen LogP contribution in [-0.2, 0) is 4.74 Å². The van der Waals surface area contributed by atoms with Crippen molar-refractivity contribution in [2.45, 2.75) is 33.2 Å². The van der Waals surface area contributed by atoms with Crippen molar-refractivity contribution in [2.24, 2.45) is 0 Å². The number of aromatic nitrogens is 2. The molecule has 2 heterocycles. The van der Waals surface area contributed by atoms with E-state index in [0.29, 0.717) is 6.07 Å². The van der Waals surface area contributed by atoms with Gasteiger partial charge in [0, 0.05) is 11.6 Å². The smallest absolute Gasteiger partial charge is 0.355 e. The molecule has 0 amide bonds. The van der Waals surface area contributed by atoms with Crippen molar-refractivity contribution in [3.63, 3.8) is 0 Å². The van der Waals surface area contributed by atoms with Gasteiger partial charge in [-0.25, -0.2) is 22.9 Å². The first kappa shape index (κ1) is 22.6. The average Bonchev–Trinajstić information content (AvgIpc) is 2.67. The first-order chi connectivity index (χ1) is 14.4. The minimum absolute atomic E-state index is 0.00967. The van der Waals surface area contributed by atoms with Gasteiger partial charge in [-0.15, -0.1) is 0 Å². The Balaban J connectivity index is 2.45. The Morgan fingerprint density at radius 1 is 1.19 bits per heavy atom. The highest BCUT2D eigenvalue weighted by Crippen LogP contribution is 2.31. The lowest BCUT2D eigenvalue weighted by Gasteiger charge is -2.23. The van der Waals surface area contributed by atoms with Crippen molar-refractivity contribution >= 4 is 34.3 Å². The van der Waals surface area contributed by atoms with Crippen LogP contribution in [0.15, 0.2) is 29.1 Å². The molecule has 3 aromatic rings. The largest absolute Gasteiger partial charge is 0.461 e. The van der Waals surface area contributed by atoms with Gasteiger partial charge in [-0.2, -0.15) is 0 Å². The molecule has 0 saturated carbocycles. The summed E-state index contributed by atoms with van der Waals surface area (Å²) >= 11 is 6.05. The van der Waals surface area contributed by atoms with Gasteiger partial charge in [0.2, 0.25) is 0 Å². The van der Waals surface area contributed by atoms with Crippen LogP contribution in [0, 0.1) is 17.5 Å². The molecule has 31 heavy (non-hydrogen) atoms. The summed E-state index contributed by atoms with van der Waals surface area (Å²) in [4.78, 5) is 29.3. The maximum Gasteiger partial charge on any atom is 0.355 e. The Morgan fingerprint density at radius 2 is 1.87 bits per heavy atom. The van der Waals surface area contributed by atoms with E-state index < -0.39 is 39.4 Å². The molecule has 0 fully saturated rings. The van der Waals surface area contributed by atoms with Crippen molar-refractivity contribution in [1.29, 1.82) is 0 Å². The molecular weight excluding hydrogens is 435 g/mol. The van der Waals surface area contributed by atoms with E-state index in [1.807, 2.05) is 0 Å². The van der Waals surface area contributed by atoms with Gasteiger partial charge in [-0.1, -0.05) is 11.6 Å². The van der Waals surface area contributed by atoms with Crippen LogP contribution in [0.3, 0.4) is 0 Å². The molecule has 6 nitrogen and oxygen atoms in total. The van der Waals surface area contributed by atoms with Crippen LogP contribution in [-0.4, -0.2) is 27.7 Å². The summed E-state index contributed by atoms with van der Waals surface area (Å²) in [5, 5.41) is 1.87. The normalized spacial score (nSPS) is 11.6. The highest BCUT2D eigenvalue weighted by Gasteiger charge is 2.25. The molecule has 0 atom stereocenters. The van der Waals surface area contributed by atoms with Gasteiger partial charge in [0.05, 0.1) is 17.5 Å². The number of hydrogen-bond donors (Lipinski definition) is 1. The van der Waals surface area contributed by atoms with Crippen LogP contribution in [0.2, 0.25) is 5.02 Å². The minimum Gasteiger partial charge on any atom is -0.461 e. The minimum atomic E-state index is -1.40. The summed E-state index contributed by atoms with van der Waals surface area (Å²) in [7, 11) is 0. The van der Waals surface area contributed by atoms with E-state index in [1.165, 1.54) is 6.07 Å². The third-order valence-electron chi connectivity index (χ3n) is 4.17. The zero-order chi connectivity index (χ0) is 23.1. The summed E-state index contributed by atoms with van der Waals surface area (Å²) in [5.41, 5.74) is -1.95. The standard InChI is InChI=1S/C21H19ClF3N3O3/c1-5-31-20(30)13-9-14(29)10-8-12(24)17(25)16(22)18(10)28(13)15-7-6-11(23)19(26-15)27-21(2,3)4/h6-9H,5H2,1-4H3,(H,26,27). The molecule has 10 heteroatoms. The summed E-state index contributed by atoms with van der Waals surface area (Å²) in [6.07, 6.45) is 0. The monoisotopic (exact) mass is 453 g/mol. The first-order valence-corrected chi connectivity index (χ1v) is 9.68. The topological polar surface area (TPSA) is 73.2 Å². The molecule has 2 aromatic heterocycles. The maximum absolute atomic E-state index is 14.4. The highest BCUT2D eigenvalue weighted by molar-refractivity contribution is 6.35. The predicted molar refractivity (Wildman–Crippen MR) is 112 cm³/mol. The zero-order valence-corrected chi connectivity index (χ0v) is 17.9. The van der Waals surface area contributed by atoms with Crippen LogP contribution in [0.1, 0.15) is 38.2 Å². The van der Waals surface area contributed by atoms with E-state index in [9.17, 15) is 22.8 Å². The van der Waals surface area contributed by atoms with Gasteiger partial charge in [0.1, 0.15) is 16.5 Å². The first-order valence-electron chi connectivity index (χ1n) is 9.30. The van der Waals surface area contributed by atoms with Crippen molar-refractivity contribution in [3.05, 3.63) is 62.7 Å². The van der Waals surface area contributed by atoms with Crippen molar-refractivity contribution in [2.75, 3.05) is 11.9 Å². The molecular formula is C21H19ClF3N3O3. The molecule has 3 rings (SSSR count). The number of benzene rings is 1. The molecule has 0 aliphatic rings. The van der Waals surface area contributed by atoms with Gasteiger partial charge in [0.15, 0.2) is 28.7 Å². The molecule has 0 spiro atoms. The number of hydrogen-bond acceptors (Lipinski definition) is 5. The number of carbonyl (C=O) groups is 1. The molecule has 0 radical (unpaired) electrons. The van der Waals surface area contributed by atoms with Crippen LogP contribution in [0.5, 0.6) is 0 Å². The second kappa shape index (κ2) is 8.22. The Morgan fingerprint density at radius 3 is 2.48 bits per heavy atom. The Bertz CT molecular complexity index is 1250. The molecule has 1 aromatic carbocycles. The number of rotatable bonds is 4. The molecule has 0 aliphatic carbocycles. The fourth-order valence-electron chi connectivity index (χ4n) is 2.97. The average molecular weight is 454 g/mol. The van der Waals surface area contributed by atoms with Gasteiger partial charge in [0.25, 0.3) is 0 Å². The highest BCUT2D eigenvalue weighted by atomic mass is 35.5. The maximum atomic E-state index is 14.4. The van der Waals surface area contributed by atoms with Crippen molar-refractivity contribution in [1.82, 2.24) is 9.55 Å². The number of anilines is 1. The molecule has 0 saturated heterocycles. The van der Waals surface area contributed by atoms with Crippen LogP contribution in [0.25, 0.3) is 16.7 Å². The Kier molecular flexibility index (Phi) is 6.00. The number of ether oxygens (including phenoxy) is 1. The van der Waals surface area contributed by atoms with Crippen LogP contribution in [0.4, 0.5) is 19.0 Å². The number of nitrogens with zero attached hydrogens (tertiary/aromatic N) is 2. The summed E-state index contributed by atoms with van der Waals surface area (Å²) in [6.45, 7) is 6.91. The van der Waals surface area contributed by atoms with Gasteiger partial charge < -0.3 is 10.1 Å². The molecule has 0 unspecified atom stereocenters. The summed E-state index contributed by atoms with van der Waals surface area (Å²) in [5.74, 6) is -4.53. The SMILES string of the molecule is CCOC(=O)c1cc(=O)c2cc(F)c(F)c(Cl)c2n1-c1ccc(F)c(NC(C)(C)C)n1. The van der Waals surface area contributed by atoms with Crippen molar-refractivity contribution < 1.29 is 22.7 Å². The lowest BCUT2D eigenvalue weighted by atomic mass is 10.1.